The summed E-state index contributed by atoms with van der Waals surface area (Å²) in [5, 5.41) is 18.5. The van der Waals surface area contributed by atoms with Crippen LogP contribution in [0.1, 0.15) is 69.0 Å². The number of nitrogens with one attached hydrogen (secondary N) is 2. The van der Waals surface area contributed by atoms with E-state index in [9.17, 15) is 10.1 Å². The predicted molar refractivity (Wildman–Crippen MR) is 134 cm³/mol. The van der Waals surface area contributed by atoms with Gasteiger partial charge in [0, 0.05) is 27.9 Å². The summed E-state index contributed by atoms with van der Waals surface area (Å²) < 4.78 is 0. The first-order chi connectivity index (χ1) is 14.8. The van der Waals surface area contributed by atoms with Crippen molar-refractivity contribution in [2.24, 2.45) is 4.99 Å². The minimum Gasteiger partial charge on any atom is -0.353 e. The maximum Gasteiger partial charge on any atom is 0.259 e. The van der Waals surface area contributed by atoms with Crippen LogP contribution in [0.25, 0.3) is 0 Å². The van der Waals surface area contributed by atoms with Crippen LogP contribution >= 0.6 is 23.1 Å². The zero-order valence-corrected chi connectivity index (χ0v) is 21.0. The second kappa shape index (κ2) is 15.2. The van der Waals surface area contributed by atoms with Crippen LogP contribution in [0, 0.1) is 22.5 Å². The topological polar surface area (TPSA) is 92.5 Å². The quantitative estimate of drug-likeness (QED) is 0.0941. The first kappa shape index (κ1) is 27.4. The van der Waals surface area contributed by atoms with Crippen LogP contribution in [0.5, 0.6) is 0 Å². The minimum atomic E-state index is -0.668. The van der Waals surface area contributed by atoms with Gasteiger partial charge in [0.25, 0.3) is 6.54 Å². The second-order valence-electron chi connectivity index (χ2n) is 7.88. The number of hydrogen-bond acceptors (Lipinski definition) is 7. The van der Waals surface area contributed by atoms with Crippen molar-refractivity contribution in [1.82, 2.24) is 15.6 Å². The Morgan fingerprint density at radius 2 is 2.13 bits per heavy atom. The molecule has 174 valence electrons. The number of aromatic nitrogens is 1. The lowest BCUT2D eigenvalue weighted by Gasteiger charge is -2.20. The summed E-state index contributed by atoms with van der Waals surface area (Å²) >= 11 is 3.57. The molecule has 31 heavy (non-hydrogen) atoms. The summed E-state index contributed by atoms with van der Waals surface area (Å²) in [5.74, 6) is 4.51. The Hall–Kier alpha value is -1.63. The first-order valence-electron chi connectivity index (χ1n) is 11.0. The van der Waals surface area contributed by atoms with Gasteiger partial charge in [-0.1, -0.05) is 39.0 Å². The van der Waals surface area contributed by atoms with Crippen molar-refractivity contribution < 1.29 is 4.92 Å². The van der Waals surface area contributed by atoms with Gasteiger partial charge in [0.15, 0.2) is 5.84 Å². The third-order valence-corrected chi connectivity index (χ3v) is 6.51. The molecule has 1 rings (SSSR count). The highest BCUT2D eigenvalue weighted by atomic mass is 32.2. The van der Waals surface area contributed by atoms with Crippen LogP contribution < -0.4 is 10.6 Å². The number of amidine groups is 1. The predicted octanol–water partition coefficient (Wildman–Crippen LogP) is 4.29. The molecule has 1 aromatic heterocycles. The third kappa shape index (κ3) is 12.1. The third-order valence-electron chi connectivity index (χ3n) is 4.41. The van der Waals surface area contributed by atoms with Crippen LogP contribution in [0.2, 0.25) is 0 Å². The van der Waals surface area contributed by atoms with Gasteiger partial charge in [0.05, 0.1) is 17.8 Å². The summed E-state index contributed by atoms with van der Waals surface area (Å²) in [6, 6.07) is 0. The van der Waals surface area contributed by atoms with E-state index in [0.717, 1.165) is 42.4 Å². The molecule has 0 spiro atoms. The highest BCUT2D eigenvalue weighted by Gasteiger charge is 2.18. The Balaban J connectivity index is 2.55. The Morgan fingerprint density at radius 1 is 1.35 bits per heavy atom. The molecule has 1 aromatic rings. The van der Waals surface area contributed by atoms with Gasteiger partial charge < -0.3 is 10.6 Å². The zero-order chi connectivity index (χ0) is 23.1. The fourth-order valence-electron chi connectivity index (χ4n) is 2.81. The van der Waals surface area contributed by atoms with Gasteiger partial charge in [-0.15, -0.1) is 17.8 Å². The van der Waals surface area contributed by atoms with E-state index in [-0.39, 0.29) is 6.54 Å². The standard InChI is InChI=1S/C22H37N5O2S2/c1-6-9-10-12-23-15-21-25-18(19(31-21)11-7-2)17-30-14-13-24-20(16-27(28)29)26-22(4,5)8-3/h3,23H,6-7,9-17H2,1-2,4-5H3,(H,24,26). The van der Waals surface area contributed by atoms with Gasteiger partial charge in [-0.25, -0.2) is 4.98 Å². The van der Waals surface area contributed by atoms with Gasteiger partial charge in [-0.3, -0.25) is 15.1 Å². The molecule has 7 nitrogen and oxygen atoms in total. The Bertz CT molecular complexity index is 741. The largest absolute Gasteiger partial charge is 0.353 e. The molecule has 0 radical (unpaired) electrons. The van der Waals surface area contributed by atoms with Crippen LogP contribution in [-0.2, 0) is 18.7 Å². The number of thiazole rings is 1. The van der Waals surface area contributed by atoms with E-state index < -0.39 is 10.5 Å². The van der Waals surface area contributed by atoms with Gasteiger partial charge in [0.2, 0.25) is 0 Å². The Morgan fingerprint density at radius 3 is 2.77 bits per heavy atom. The summed E-state index contributed by atoms with van der Waals surface area (Å²) in [7, 11) is 0. The van der Waals surface area contributed by atoms with Crippen molar-refractivity contribution in [3.05, 3.63) is 25.7 Å². The average molecular weight is 468 g/mol. The first-order valence-corrected chi connectivity index (χ1v) is 12.9. The van der Waals surface area contributed by atoms with Gasteiger partial charge in [-0.05, 0) is 33.2 Å². The van der Waals surface area contributed by atoms with Crippen molar-refractivity contribution >= 4 is 28.9 Å². The van der Waals surface area contributed by atoms with E-state index in [2.05, 4.69) is 35.4 Å². The number of aryl methyl sites for hydroxylation is 1. The number of nitro groups is 1. The molecule has 9 heteroatoms. The number of unbranched alkanes of at least 4 members (excludes halogenated alkanes) is 2. The molecule has 0 unspecified atom stereocenters. The lowest BCUT2D eigenvalue weighted by molar-refractivity contribution is -0.463. The number of hydrogen-bond donors (Lipinski definition) is 2. The van der Waals surface area contributed by atoms with Crippen LogP contribution in [0.4, 0.5) is 0 Å². The van der Waals surface area contributed by atoms with E-state index >= 15 is 0 Å². The normalized spacial score (nSPS) is 12.0. The van der Waals surface area contributed by atoms with Gasteiger partial charge in [-0.2, -0.15) is 11.8 Å². The summed E-state index contributed by atoms with van der Waals surface area (Å²) in [4.78, 5) is 21.1. The summed E-state index contributed by atoms with van der Waals surface area (Å²) in [5.41, 5.74) is 0.502. The van der Waals surface area contributed by atoms with E-state index in [1.54, 1.807) is 25.6 Å². The number of rotatable bonds is 16. The monoisotopic (exact) mass is 467 g/mol. The molecule has 1 heterocycles. The molecule has 0 aliphatic heterocycles. The Labute approximate surface area is 195 Å². The average Bonchev–Trinajstić information content (AvgIpc) is 3.08. The van der Waals surface area contributed by atoms with E-state index in [1.807, 2.05) is 11.3 Å². The molecule has 0 fully saturated rings. The molecule has 0 aromatic carbocycles. The minimum absolute atomic E-state index is 0.324. The molecule has 0 atom stereocenters. The Kier molecular flexibility index (Phi) is 13.5. The molecule has 2 N–H and O–H groups in total. The second-order valence-corrected chi connectivity index (χ2v) is 10.2. The number of thioether (sulfide) groups is 1. The van der Waals surface area contributed by atoms with E-state index in [0.29, 0.717) is 12.4 Å². The van der Waals surface area contributed by atoms with Crippen LogP contribution in [-0.4, -0.2) is 46.7 Å². The maximum atomic E-state index is 10.9. The highest BCUT2D eigenvalue weighted by Crippen LogP contribution is 2.24. The number of terminal acetylenes is 1. The lowest BCUT2D eigenvalue weighted by Crippen LogP contribution is -2.45. The number of aliphatic imine (C=N–C) groups is 1. The molecule has 0 bridgehead atoms. The van der Waals surface area contributed by atoms with Crippen molar-refractivity contribution in [2.75, 3.05) is 25.4 Å². The van der Waals surface area contributed by atoms with Crippen LogP contribution in [0.3, 0.4) is 0 Å². The maximum absolute atomic E-state index is 10.9. The molecule has 0 saturated carbocycles. The zero-order valence-electron chi connectivity index (χ0n) is 19.3. The van der Waals surface area contributed by atoms with Gasteiger partial charge in [0.1, 0.15) is 5.01 Å². The fourth-order valence-corrected chi connectivity index (χ4v) is 4.85. The van der Waals surface area contributed by atoms with E-state index in [1.165, 1.54) is 29.8 Å². The van der Waals surface area contributed by atoms with Crippen molar-refractivity contribution in [2.45, 2.75) is 77.6 Å². The molecule has 0 aliphatic carbocycles. The molecular formula is C22H37N5O2S2. The number of nitrogens with zero attached hydrogens (tertiary/aromatic N) is 3. The summed E-state index contributed by atoms with van der Waals surface area (Å²) in [6.45, 7) is 10.0. The van der Waals surface area contributed by atoms with Crippen molar-refractivity contribution in [1.29, 1.82) is 0 Å². The lowest BCUT2D eigenvalue weighted by atomic mass is 10.1. The molecular weight excluding hydrogens is 430 g/mol. The summed E-state index contributed by atoms with van der Waals surface area (Å²) in [6.07, 6.45) is 11.3. The van der Waals surface area contributed by atoms with Gasteiger partial charge >= 0.3 is 0 Å². The highest BCUT2D eigenvalue weighted by molar-refractivity contribution is 7.98. The SMILES string of the molecule is C#CC(C)(C)NC(C[N+](=O)[O-])=NCCSCc1nc(CNCCCCC)sc1CCC. The molecule has 0 aliphatic rings. The molecule has 0 amide bonds. The fraction of sp³-hybridized carbons (Fsp3) is 0.727. The van der Waals surface area contributed by atoms with Crippen LogP contribution in [0.15, 0.2) is 4.99 Å². The van der Waals surface area contributed by atoms with Crippen molar-refractivity contribution in [3.63, 3.8) is 0 Å². The van der Waals surface area contributed by atoms with E-state index in [4.69, 9.17) is 11.4 Å². The van der Waals surface area contributed by atoms with Crippen molar-refractivity contribution in [3.8, 4) is 12.3 Å². The smallest absolute Gasteiger partial charge is 0.259 e. The molecule has 0 saturated heterocycles.